The van der Waals surface area contributed by atoms with E-state index in [0.29, 0.717) is 45.5 Å². The van der Waals surface area contributed by atoms with Gasteiger partial charge >= 0.3 is 0 Å². The van der Waals surface area contributed by atoms with E-state index < -0.39 is 0 Å². The molecule has 1 amide bonds. The van der Waals surface area contributed by atoms with Gasteiger partial charge in [-0.15, -0.1) is 0 Å². The Bertz CT molecular complexity index is 872. The first-order valence-electron chi connectivity index (χ1n) is 7.69. The Hall–Kier alpha value is -2.47. The van der Waals surface area contributed by atoms with Crippen molar-refractivity contribution >= 4 is 29.0 Å². The molecule has 0 spiro atoms. The quantitative estimate of drug-likeness (QED) is 0.872. The molecule has 6 nitrogen and oxygen atoms in total. The van der Waals surface area contributed by atoms with Gasteiger partial charge in [0.25, 0.3) is 5.91 Å². The molecular weight excluding hydrogens is 332 g/mol. The standard InChI is InChI=1S/C17H15ClN2O4/c1-8-15-10(3-2-4-12(15)21)19-16(8)17(22)20-11-6-14-13(5-9(11)18)23-7-24-14/h5-6,19H,2-4,7H2,1H3,(H,20,22). The fraction of sp³-hybridized carbons (Fsp3) is 0.294. The molecule has 2 heterocycles. The van der Waals surface area contributed by atoms with Crippen LogP contribution in [-0.4, -0.2) is 23.5 Å². The first kappa shape index (κ1) is 15.1. The monoisotopic (exact) mass is 346 g/mol. The topological polar surface area (TPSA) is 80.4 Å². The molecule has 0 bridgehead atoms. The number of hydrogen-bond acceptors (Lipinski definition) is 4. The molecule has 24 heavy (non-hydrogen) atoms. The third kappa shape index (κ3) is 2.34. The number of amides is 1. The maximum atomic E-state index is 12.6. The molecule has 2 aromatic rings. The molecule has 1 aromatic carbocycles. The van der Waals surface area contributed by atoms with Crippen molar-refractivity contribution in [2.75, 3.05) is 12.1 Å². The van der Waals surface area contributed by atoms with Gasteiger partial charge in [-0.2, -0.15) is 0 Å². The molecule has 2 N–H and O–H groups in total. The van der Waals surface area contributed by atoms with Crippen LogP contribution in [0, 0.1) is 6.92 Å². The fourth-order valence-electron chi connectivity index (χ4n) is 3.20. The van der Waals surface area contributed by atoms with Crippen LogP contribution in [0.5, 0.6) is 11.5 Å². The summed E-state index contributed by atoms with van der Waals surface area (Å²) in [7, 11) is 0. The van der Waals surface area contributed by atoms with E-state index in [4.69, 9.17) is 21.1 Å². The number of halogens is 1. The fourth-order valence-corrected chi connectivity index (χ4v) is 3.40. The van der Waals surface area contributed by atoms with Gasteiger partial charge in [0, 0.05) is 29.8 Å². The van der Waals surface area contributed by atoms with Gasteiger partial charge in [0.2, 0.25) is 6.79 Å². The molecule has 0 saturated carbocycles. The Labute approximate surface area is 143 Å². The average molecular weight is 347 g/mol. The van der Waals surface area contributed by atoms with Crippen LogP contribution in [0.1, 0.15) is 44.9 Å². The number of rotatable bonds is 2. The summed E-state index contributed by atoms with van der Waals surface area (Å²) in [5.41, 5.74) is 3.01. The Balaban J connectivity index is 1.65. The van der Waals surface area contributed by atoms with Crippen LogP contribution in [0.4, 0.5) is 5.69 Å². The minimum absolute atomic E-state index is 0.0881. The number of ether oxygens (including phenoxy) is 2. The minimum atomic E-state index is -0.338. The van der Waals surface area contributed by atoms with Crippen molar-refractivity contribution in [3.63, 3.8) is 0 Å². The summed E-state index contributed by atoms with van der Waals surface area (Å²) < 4.78 is 10.5. The van der Waals surface area contributed by atoms with E-state index in [1.54, 1.807) is 19.1 Å². The van der Waals surface area contributed by atoms with Crippen LogP contribution in [0.2, 0.25) is 5.02 Å². The van der Waals surface area contributed by atoms with Gasteiger partial charge in [0.1, 0.15) is 5.69 Å². The average Bonchev–Trinajstić information content (AvgIpc) is 3.12. The molecule has 0 saturated heterocycles. The summed E-state index contributed by atoms with van der Waals surface area (Å²) in [6, 6.07) is 3.24. The van der Waals surface area contributed by atoms with Crippen LogP contribution in [0.15, 0.2) is 12.1 Å². The van der Waals surface area contributed by atoms with Crippen molar-refractivity contribution in [3.8, 4) is 11.5 Å². The SMILES string of the molecule is Cc1c(C(=O)Nc2cc3c(cc2Cl)OCO3)[nH]c2c1C(=O)CCC2. The Morgan fingerprint density at radius 2 is 2.00 bits per heavy atom. The number of anilines is 1. The van der Waals surface area contributed by atoms with Crippen molar-refractivity contribution < 1.29 is 19.1 Å². The van der Waals surface area contributed by atoms with Gasteiger partial charge in [-0.05, 0) is 25.3 Å². The normalized spacial score (nSPS) is 15.3. The number of aromatic nitrogens is 1. The summed E-state index contributed by atoms with van der Waals surface area (Å²) in [4.78, 5) is 27.8. The largest absolute Gasteiger partial charge is 0.454 e. The molecule has 124 valence electrons. The molecule has 4 rings (SSSR count). The van der Waals surface area contributed by atoms with Gasteiger partial charge in [0.05, 0.1) is 10.7 Å². The molecular formula is C17H15ClN2O4. The Kier molecular flexibility index (Phi) is 3.49. The van der Waals surface area contributed by atoms with Crippen molar-refractivity contribution in [1.82, 2.24) is 4.98 Å². The zero-order valence-electron chi connectivity index (χ0n) is 13.0. The minimum Gasteiger partial charge on any atom is -0.454 e. The lowest BCUT2D eigenvalue weighted by Gasteiger charge is -2.09. The van der Waals surface area contributed by atoms with Crippen LogP contribution in [0.25, 0.3) is 0 Å². The third-order valence-electron chi connectivity index (χ3n) is 4.37. The molecule has 0 radical (unpaired) electrons. The zero-order valence-corrected chi connectivity index (χ0v) is 13.8. The molecule has 1 aliphatic carbocycles. The maximum absolute atomic E-state index is 12.6. The highest BCUT2D eigenvalue weighted by atomic mass is 35.5. The van der Waals surface area contributed by atoms with Crippen molar-refractivity contribution in [3.05, 3.63) is 39.7 Å². The van der Waals surface area contributed by atoms with Crippen LogP contribution in [-0.2, 0) is 6.42 Å². The van der Waals surface area contributed by atoms with Crippen LogP contribution in [0.3, 0.4) is 0 Å². The molecule has 0 fully saturated rings. The highest BCUT2D eigenvalue weighted by molar-refractivity contribution is 6.34. The molecule has 7 heteroatoms. The summed E-state index contributed by atoms with van der Waals surface area (Å²) in [5, 5.41) is 3.13. The first-order valence-corrected chi connectivity index (χ1v) is 8.07. The highest BCUT2D eigenvalue weighted by Crippen LogP contribution is 2.39. The third-order valence-corrected chi connectivity index (χ3v) is 4.69. The van der Waals surface area contributed by atoms with Gasteiger partial charge < -0.3 is 19.8 Å². The van der Waals surface area contributed by atoms with E-state index in [1.165, 1.54) is 0 Å². The van der Waals surface area contributed by atoms with Gasteiger partial charge in [-0.3, -0.25) is 9.59 Å². The number of aromatic amines is 1. The molecule has 2 aliphatic rings. The second kappa shape index (κ2) is 5.56. The smallest absolute Gasteiger partial charge is 0.272 e. The van der Waals surface area contributed by atoms with E-state index in [0.717, 1.165) is 18.5 Å². The summed E-state index contributed by atoms with van der Waals surface area (Å²) in [6.07, 6.45) is 2.11. The number of ketones is 1. The number of benzene rings is 1. The number of nitrogens with one attached hydrogen (secondary N) is 2. The number of fused-ring (bicyclic) bond motifs is 2. The second-order valence-electron chi connectivity index (χ2n) is 5.89. The summed E-state index contributed by atoms with van der Waals surface area (Å²) in [6.45, 7) is 1.92. The van der Waals surface area contributed by atoms with Gasteiger partial charge in [-0.1, -0.05) is 11.6 Å². The molecule has 0 atom stereocenters. The van der Waals surface area contributed by atoms with E-state index in [1.807, 2.05) is 0 Å². The number of aryl methyl sites for hydroxylation is 1. The molecule has 0 unspecified atom stereocenters. The van der Waals surface area contributed by atoms with Gasteiger partial charge in [-0.25, -0.2) is 0 Å². The van der Waals surface area contributed by atoms with Crippen LogP contribution < -0.4 is 14.8 Å². The van der Waals surface area contributed by atoms with E-state index >= 15 is 0 Å². The van der Waals surface area contributed by atoms with Gasteiger partial charge in [0.15, 0.2) is 17.3 Å². The lowest BCUT2D eigenvalue weighted by Crippen LogP contribution is -2.14. The number of hydrogen-bond donors (Lipinski definition) is 2. The second-order valence-corrected chi connectivity index (χ2v) is 6.30. The van der Waals surface area contributed by atoms with Crippen LogP contribution >= 0.6 is 11.6 Å². The first-order chi connectivity index (χ1) is 11.5. The number of carbonyl (C=O) groups is 2. The Morgan fingerprint density at radius 3 is 2.75 bits per heavy atom. The summed E-state index contributed by atoms with van der Waals surface area (Å²) in [5.74, 6) is 0.836. The Morgan fingerprint density at radius 1 is 1.25 bits per heavy atom. The summed E-state index contributed by atoms with van der Waals surface area (Å²) >= 11 is 6.19. The number of H-pyrrole nitrogens is 1. The molecule has 1 aromatic heterocycles. The number of Topliss-reactive ketones (excluding diaryl/α,β-unsaturated/α-hetero) is 1. The van der Waals surface area contributed by atoms with E-state index in [2.05, 4.69) is 10.3 Å². The highest BCUT2D eigenvalue weighted by Gasteiger charge is 2.27. The van der Waals surface area contributed by atoms with E-state index in [9.17, 15) is 9.59 Å². The lowest BCUT2D eigenvalue weighted by atomic mass is 9.94. The van der Waals surface area contributed by atoms with Crippen molar-refractivity contribution in [2.45, 2.75) is 26.2 Å². The van der Waals surface area contributed by atoms with Crippen molar-refractivity contribution in [1.29, 1.82) is 0 Å². The molecule has 1 aliphatic heterocycles. The maximum Gasteiger partial charge on any atom is 0.272 e. The predicted molar refractivity (Wildman–Crippen MR) is 88.3 cm³/mol. The lowest BCUT2D eigenvalue weighted by molar-refractivity contribution is 0.0971. The number of carbonyl (C=O) groups excluding carboxylic acids is 2. The predicted octanol–water partition coefficient (Wildman–Crippen LogP) is 3.48. The van der Waals surface area contributed by atoms with E-state index in [-0.39, 0.29) is 18.5 Å². The van der Waals surface area contributed by atoms with Crippen molar-refractivity contribution in [2.24, 2.45) is 0 Å². The zero-order chi connectivity index (χ0) is 16.8.